The van der Waals surface area contributed by atoms with Crippen LogP contribution in [0.4, 0.5) is 0 Å². The second kappa shape index (κ2) is 13.9. The average molecular weight is 604 g/mol. The van der Waals surface area contributed by atoms with Crippen LogP contribution in [-0.4, -0.2) is 63.2 Å². The van der Waals surface area contributed by atoms with Crippen molar-refractivity contribution >= 4 is 45.5 Å². The van der Waals surface area contributed by atoms with Crippen LogP contribution in [0.1, 0.15) is 52.5 Å². The van der Waals surface area contributed by atoms with Gasteiger partial charge in [-0.05, 0) is 36.0 Å². The van der Waals surface area contributed by atoms with Crippen LogP contribution < -0.4 is 9.67 Å². The molecule has 6 rings (SSSR count). The van der Waals surface area contributed by atoms with Crippen molar-refractivity contribution in [3.63, 3.8) is 0 Å². The Morgan fingerprint density at radius 3 is 2.12 bits per heavy atom. The van der Waals surface area contributed by atoms with Gasteiger partial charge >= 0.3 is 45.5 Å². The van der Waals surface area contributed by atoms with E-state index in [2.05, 4.69) is 103 Å². The molecule has 4 nitrogen and oxygen atoms in total. The molecule has 2 aliphatic heterocycles. The Bertz CT molecular complexity index is 1450. The van der Waals surface area contributed by atoms with Crippen molar-refractivity contribution in [1.82, 2.24) is 4.98 Å². The van der Waals surface area contributed by atoms with E-state index >= 15 is 0 Å². The first-order valence-corrected chi connectivity index (χ1v) is 13.9. The minimum atomic E-state index is 0. The maximum atomic E-state index is 11.0. The van der Waals surface area contributed by atoms with Crippen LogP contribution >= 0.6 is 0 Å². The predicted octanol–water partition coefficient (Wildman–Crippen LogP) is 6.56. The SMILES string of the molecule is CC/C([O-])=C1\COC1CC.CC[C-]1[C-](C)c2ccccc2-c2c(-c3ccccc3)nc(-c3ccccc3)c[n+]21.[Sr+2]. The fourth-order valence-corrected chi connectivity index (χ4v) is 5.44. The van der Waals surface area contributed by atoms with Gasteiger partial charge in [0.2, 0.25) is 0 Å². The molecular formula is C35H36N2O2Sr. The third-order valence-corrected chi connectivity index (χ3v) is 7.59. The molecule has 200 valence electrons. The number of nitrogens with zero attached hydrogens (tertiary/aromatic N) is 2. The number of hydrogen-bond donors (Lipinski definition) is 0. The number of hydrogen-bond acceptors (Lipinski definition) is 3. The molecule has 40 heavy (non-hydrogen) atoms. The van der Waals surface area contributed by atoms with Crippen molar-refractivity contribution in [3.8, 4) is 33.8 Å². The summed E-state index contributed by atoms with van der Waals surface area (Å²) in [5, 5.41) is 11.0. The molecule has 0 amide bonds. The smallest absolute Gasteiger partial charge is 0.875 e. The topological polar surface area (TPSA) is 49.1 Å². The molecule has 1 atom stereocenters. The Kier molecular flexibility index (Phi) is 10.6. The summed E-state index contributed by atoms with van der Waals surface area (Å²) in [7, 11) is 0. The van der Waals surface area contributed by atoms with Crippen molar-refractivity contribution in [3.05, 3.63) is 120 Å². The normalized spacial score (nSPS) is 16.4. The Hall–Kier alpha value is -2.54. The fourth-order valence-electron chi connectivity index (χ4n) is 5.44. The monoisotopic (exact) mass is 604 g/mol. The number of fused-ring (bicyclic) bond motifs is 3. The van der Waals surface area contributed by atoms with Crippen molar-refractivity contribution in [2.24, 2.45) is 0 Å². The van der Waals surface area contributed by atoms with E-state index in [9.17, 15) is 5.11 Å². The van der Waals surface area contributed by atoms with E-state index in [0.29, 0.717) is 13.0 Å². The van der Waals surface area contributed by atoms with Crippen molar-refractivity contribution < 1.29 is 14.4 Å². The summed E-state index contributed by atoms with van der Waals surface area (Å²) in [4.78, 5) is 5.18. The molecular weight excluding hydrogens is 568 g/mol. The van der Waals surface area contributed by atoms with Crippen LogP contribution in [0.25, 0.3) is 33.8 Å². The zero-order valence-corrected chi connectivity index (χ0v) is 27.5. The first kappa shape index (κ1) is 30.4. The van der Waals surface area contributed by atoms with Gasteiger partial charge in [-0.15, -0.1) is 29.4 Å². The summed E-state index contributed by atoms with van der Waals surface area (Å²) >= 11 is 0. The molecule has 0 aliphatic carbocycles. The number of allylic oxidation sites excluding steroid dienone is 1. The van der Waals surface area contributed by atoms with E-state index in [4.69, 9.17) is 9.72 Å². The Labute approximate surface area is 276 Å². The van der Waals surface area contributed by atoms with Crippen LogP contribution in [0.15, 0.2) is 102 Å². The molecule has 1 unspecified atom stereocenters. The van der Waals surface area contributed by atoms with Gasteiger partial charge in [0.1, 0.15) is 0 Å². The number of aromatic nitrogens is 2. The first-order valence-electron chi connectivity index (χ1n) is 13.9. The van der Waals surface area contributed by atoms with E-state index in [1.54, 1.807) is 0 Å². The quantitative estimate of drug-likeness (QED) is 0.112. The zero-order valence-electron chi connectivity index (χ0n) is 24.0. The van der Waals surface area contributed by atoms with Crippen LogP contribution in [0.2, 0.25) is 0 Å². The zero-order chi connectivity index (χ0) is 27.4. The van der Waals surface area contributed by atoms with Gasteiger partial charge in [0.05, 0.1) is 36.0 Å². The Morgan fingerprint density at radius 1 is 0.925 bits per heavy atom. The largest absolute Gasteiger partial charge is 2.00 e. The van der Waals surface area contributed by atoms with Gasteiger partial charge in [0, 0.05) is 6.04 Å². The molecule has 1 fully saturated rings. The molecule has 0 radical (unpaired) electrons. The summed E-state index contributed by atoms with van der Waals surface area (Å²) in [6, 6.07) is 31.0. The summed E-state index contributed by atoms with van der Waals surface area (Å²) in [6.07, 6.45) is 4.86. The van der Waals surface area contributed by atoms with E-state index < -0.39 is 0 Å². The molecule has 0 bridgehead atoms. The van der Waals surface area contributed by atoms with Gasteiger partial charge in [-0.2, -0.15) is 11.6 Å². The summed E-state index contributed by atoms with van der Waals surface area (Å²) in [6.45, 7) is 8.96. The second-order valence-electron chi connectivity index (χ2n) is 9.91. The molecule has 4 aromatic rings. The Balaban J connectivity index is 0.000000287. The van der Waals surface area contributed by atoms with Gasteiger partial charge in [0.25, 0.3) is 0 Å². The molecule has 2 aliphatic rings. The van der Waals surface area contributed by atoms with Gasteiger partial charge in [0.15, 0.2) is 0 Å². The summed E-state index contributed by atoms with van der Waals surface area (Å²) in [5.41, 5.74) is 9.00. The minimum Gasteiger partial charge on any atom is -0.875 e. The number of ether oxygens (including phenoxy) is 1. The maximum absolute atomic E-state index is 11.0. The van der Waals surface area contributed by atoms with Crippen LogP contribution in [0, 0.1) is 12.0 Å². The van der Waals surface area contributed by atoms with E-state index in [1.165, 1.54) is 28.8 Å². The third kappa shape index (κ3) is 6.05. The molecule has 0 spiro atoms. The maximum Gasteiger partial charge on any atom is 2.00 e. The number of benzene rings is 3. The standard InChI is InChI=1S/C27H23N2.C8H14O2.Sr/c1-3-25-19(2)22-16-10-11-17-23(22)27-26(21-14-8-5-9-15-21)28-24(18-29(25)27)20-12-6-4-7-13-20;1-3-7(9)6-5-10-8(6)4-2;/h4-18H,3H2,1-2H3;8-9H,3-5H2,1-2H3;/q-1;;+2/p-1/b;7-6-;. The molecule has 3 aromatic carbocycles. The van der Waals surface area contributed by atoms with E-state index in [0.717, 1.165) is 40.9 Å². The predicted molar refractivity (Wildman–Crippen MR) is 161 cm³/mol. The second-order valence-corrected chi connectivity index (χ2v) is 9.91. The molecule has 1 aromatic heterocycles. The van der Waals surface area contributed by atoms with Crippen molar-refractivity contribution in [1.29, 1.82) is 0 Å². The molecule has 1 saturated heterocycles. The third-order valence-electron chi connectivity index (χ3n) is 7.59. The van der Waals surface area contributed by atoms with Crippen LogP contribution in [0.5, 0.6) is 0 Å². The van der Waals surface area contributed by atoms with Gasteiger partial charge in [-0.25, -0.2) is 0 Å². The molecule has 0 N–H and O–H groups in total. The van der Waals surface area contributed by atoms with Gasteiger partial charge in [-0.1, -0.05) is 94.4 Å². The Morgan fingerprint density at radius 2 is 1.55 bits per heavy atom. The van der Waals surface area contributed by atoms with Crippen LogP contribution in [0.3, 0.4) is 0 Å². The first-order chi connectivity index (χ1) is 19.1. The van der Waals surface area contributed by atoms with Crippen molar-refractivity contribution in [2.75, 3.05) is 6.61 Å². The van der Waals surface area contributed by atoms with E-state index in [-0.39, 0.29) is 57.3 Å². The molecule has 5 heteroatoms. The minimum absolute atomic E-state index is 0. The fraction of sp³-hybridized carbons (Fsp3) is 0.257. The van der Waals surface area contributed by atoms with Gasteiger partial charge in [-0.3, -0.25) is 4.98 Å². The summed E-state index contributed by atoms with van der Waals surface area (Å²) < 4.78 is 7.53. The van der Waals surface area contributed by atoms with Crippen molar-refractivity contribution in [2.45, 2.75) is 53.1 Å². The number of rotatable bonds is 5. The average Bonchev–Trinajstić information content (AvgIpc) is 2.98. The molecule has 3 heterocycles. The van der Waals surface area contributed by atoms with Crippen LogP contribution in [-0.2, 0) is 4.74 Å². The summed E-state index contributed by atoms with van der Waals surface area (Å²) in [5.74, 6) is 1.61. The van der Waals surface area contributed by atoms with Gasteiger partial charge < -0.3 is 14.4 Å². The van der Waals surface area contributed by atoms with E-state index in [1.807, 2.05) is 19.9 Å². The molecule has 0 saturated carbocycles.